The molecule has 2 aromatic carbocycles. The molecule has 198 valence electrons. The van der Waals surface area contributed by atoms with E-state index in [0.29, 0.717) is 17.1 Å². The number of oxazole rings is 1. The zero-order valence-corrected chi connectivity index (χ0v) is 22.2. The number of primary amides is 1. The summed E-state index contributed by atoms with van der Waals surface area (Å²) < 4.78 is 36.5. The number of benzene rings is 2. The van der Waals surface area contributed by atoms with E-state index in [-0.39, 0.29) is 34.5 Å². The van der Waals surface area contributed by atoms with Crippen LogP contribution in [-0.2, 0) is 16.9 Å². The Kier molecular flexibility index (Phi) is 8.02. The third kappa shape index (κ3) is 5.64. The van der Waals surface area contributed by atoms with Gasteiger partial charge in [-0.15, -0.1) is 0 Å². The van der Waals surface area contributed by atoms with Gasteiger partial charge in [0, 0.05) is 28.1 Å². The van der Waals surface area contributed by atoms with Crippen LogP contribution in [0.4, 0.5) is 9.18 Å². The second kappa shape index (κ2) is 10.7. The average molecular weight is 534 g/mol. The van der Waals surface area contributed by atoms with Gasteiger partial charge in [-0.2, -0.15) is 0 Å². The number of aromatic nitrogens is 1. The smallest absolute Gasteiger partial charge is 0.405 e. The first-order chi connectivity index (χ1) is 17.3. The molecule has 0 radical (unpaired) electrons. The first-order valence-corrected chi connectivity index (χ1v) is 11.6. The van der Waals surface area contributed by atoms with E-state index in [1.165, 1.54) is 32.4 Å². The number of carbonyl (C=O) groups excluding carboxylic acids is 2. The fraction of sp³-hybridized carbons (Fsp3) is 0.346. The lowest BCUT2D eigenvalue weighted by Gasteiger charge is -2.38. The predicted octanol–water partition coefficient (Wildman–Crippen LogP) is 5.44. The van der Waals surface area contributed by atoms with Gasteiger partial charge in [0.05, 0.1) is 14.2 Å². The number of rotatable bonds is 8. The predicted molar refractivity (Wildman–Crippen MR) is 135 cm³/mol. The SMILES string of the molecule is COc1ccc(-c2nc(C(=O)NCc3c(F)cccc3Cl)c(C(C)(OC(N)=O)C(C)(C)C)o2)cc1OC. The summed E-state index contributed by atoms with van der Waals surface area (Å²) in [6.45, 7) is 6.71. The van der Waals surface area contributed by atoms with Gasteiger partial charge >= 0.3 is 6.09 Å². The number of amides is 2. The summed E-state index contributed by atoms with van der Waals surface area (Å²) in [5.41, 5.74) is 3.48. The highest BCUT2D eigenvalue weighted by Gasteiger charge is 2.49. The fourth-order valence-electron chi connectivity index (χ4n) is 3.58. The molecule has 1 atom stereocenters. The van der Waals surface area contributed by atoms with Gasteiger partial charge in [0.15, 0.2) is 28.6 Å². The molecule has 0 aliphatic heterocycles. The fourth-order valence-corrected chi connectivity index (χ4v) is 3.81. The highest BCUT2D eigenvalue weighted by molar-refractivity contribution is 6.31. The van der Waals surface area contributed by atoms with Crippen LogP contribution in [0.3, 0.4) is 0 Å². The van der Waals surface area contributed by atoms with Crippen LogP contribution < -0.4 is 20.5 Å². The Balaban J connectivity index is 2.14. The minimum Gasteiger partial charge on any atom is -0.493 e. The van der Waals surface area contributed by atoms with E-state index in [2.05, 4.69) is 10.3 Å². The number of ether oxygens (including phenoxy) is 3. The Morgan fingerprint density at radius 1 is 1.11 bits per heavy atom. The minimum atomic E-state index is -1.51. The van der Waals surface area contributed by atoms with Crippen LogP contribution in [0.1, 0.15) is 49.5 Å². The Hall–Kier alpha value is -3.79. The minimum absolute atomic E-state index is 0.0410. The summed E-state index contributed by atoms with van der Waals surface area (Å²) in [4.78, 5) is 29.7. The summed E-state index contributed by atoms with van der Waals surface area (Å²) in [6, 6.07) is 9.16. The maximum Gasteiger partial charge on any atom is 0.405 e. The van der Waals surface area contributed by atoms with E-state index in [1.54, 1.807) is 45.9 Å². The number of halogens is 2. The van der Waals surface area contributed by atoms with Gasteiger partial charge in [-0.3, -0.25) is 4.79 Å². The molecular formula is C26H29ClFN3O6. The van der Waals surface area contributed by atoms with Gasteiger partial charge in [-0.05, 0) is 37.3 Å². The number of hydrogen-bond donors (Lipinski definition) is 2. The molecule has 0 saturated carbocycles. The molecule has 11 heteroatoms. The quantitative estimate of drug-likeness (QED) is 0.395. The molecule has 0 bridgehead atoms. The molecule has 1 unspecified atom stereocenters. The molecule has 0 aliphatic carbocycles. The van der Waals surface area contributed by atoms with Crippen molar-refractivity contribution >= 4 is 23.6 Å². The molecule has 9 nitrogen and oxygen atoms in total. The molecule has 0 saturated heterocycles. The number of nitrogens with two attached hydrogens (primary N) is 1. The van der Waals surface area contributed by atoms with Crippen LogP contribution in [-0.4, -0.2) is 31.2 Å². The molecule has 2 amide bonds. The van der Waals surface area contributed by atoms with Crippen LogP contribution in [0, 0.1) is 11.2 Å². The topological polar surface area (TPSA) is 126 Å². The van der Waals surface area contributed by atoms with Crippen LogP contribution >= 0.6 is 11.6 Å². The molecule has 1 aromatic heterocycles. The van der Waals surface area contributed by atoms with Crippen LogP contribution in [0.2, 0.25) is 5.02 Å². The first-order valence-electron chi connectivity index (χ1n) is 11.3. The molecule has 1 heterocycles. The van der Waals surface area contributed by atoms with Crippen molar-refractivity contribution in [2.45, 2.75) is 39.8 Å². The highest BCUT2D eigenvalue weighted by atomic mass is 35.5. The zero-order chi connectivity index (χ0) is 27.5. The zero-order valence-electron chi connectivity index (χ0n) is 21.4. The van der Waals surface area contributed by atoms with E-state index in [1.807, 2.05) is 0 Å². The van der Waals surface area contributed by atoms with Gasteiger partial charge < -0.3 is 29.7 Å². The van der Waals surface area contributed by atoms with E-state index >= 15 is 0 Å². The summed E-state index contributed by atoms with van der Waals surface area (Å²) in [6.07, 6.45) is -1.06. The Labute approximate surface area is 219 Å². The van der Waals surface area contributed by atoms with Gasteiger partial charge in [0.2, 0.25) is 5.89 Å². The number of nitrogens with one attached hydrogen (secondary N) is 1. The third-order valence-corrected chi connectivity index (χ3v) is 6.48. The molecule has 3 rings (SSSR count). The summed E-state index contributed by atoms with van der Waals surface area (Å²) in [5, 5.41) is 2.77. The molecule has 3 aromatic rings. The Morgan fingerprint density at radius 2 is 1.78 bits per heavy atom. The Morgan fingerprint density at radius 3 is 2.35 bits per heavy atom. The van der Waals surface area contributed by atoms with Gasteiger partial charge in [-0.25, -0.2) is 14.2 Å². The number of carbonyl (C=O) groups is 2. The molecule has 0 aliphatic rings. The molecular weight excluding hydrogens is 505 g/mol. The van der Waals surface area contributed by atoms with Crippen molar-refractivity contribution in [1.82, 2.24) is 10.3 Å². The van der Waals surface area contributed by atoms with Crippen molar-refractivity contribution in [1.29, 1.82) is 0 Å². The van der Waals surface area contributed by atoms with Crippen LogP contribution in [0.15, 0.2) is 40.8 Å². The third-order valence-electron chi connectivity index (χ3n) is 6.13. The molecule has 0 spiro atoms. The molecule has 37 heavy (non-hydrogen) atoms. The van der Waals surface area contributed by atoms with Crippen LogP contribution in [0.5, 0.6) is 11.5 Å². The highest BCUT2D eigenvalue weighted by Crippen LogP contribution is 2.45. The van der Waals surface area contributed by atoms with E-state index in [0.717, 1.165) is 0 Å². The monoisotopic (exact) mass is 533 g/mol. The van der Waals surface area contributed by atoms with Crippen molar-refractivity contribution in [3.8, 4) is 23.0 Å². The largest absolute Gasteiger partial charge is 0.493 e. The van der Waals surface area contributed by atoms with Crippen LogP contribution in [0.25, 0.3) is 11.5 Å². The molecule has 0 fully saturated rings. The van der Waals surface area contributed by atoms with Crippen molar-refractivity contribution < 1.29 is 32.6 Å². The lowest BCUT2D eigenvalue weighted by Crippen LogP contribution is -2.44. The number of methoxy groups -OCH3 is 2. The number of hydrogen-bond acceptors (Lipinski definition) is 7. The summed E-state index contributed by atoms with van der Waals surface area (Å²) >= 11 is 6.10. The van der Waals surface area contributed by atoms with Gasteiger partial charge in [0.25, 0.3) is 5.91 Å². The second-order valence-electron chi connectivity index (χ2n) is 9.35. The Bertz CT molecular complexity index is 1300. The van der Waals surface area contributed by atoms with E-state index < -0.39 is 28.8 Å². The van der Waals surface area contributed by atoms with Crippen molar-refractivity contribution in [2.75, 3.05) is 14.2 Å². The van der Waals surface area contributed by atoms with E-state index in [9.17, 15) is 14.0 Å². The van der Waals surface area contributed by atoms with Gasteiger partial charge in [0.1, 0.15) is 5.82 Å². The van der Waals surface area contributed by atoms with Gasteiger partial charge in [-0.1, -0.05) is 38.4 Å². The normalized spacial score (nSPS) is 13.0. The van der Waals surface area contributed by atoms with Crippen molar-refractivity contribution in [3.05, 3.63) is 64.3 Å². The average Bonchev–Trinajstić information content (AvgIpc) is 3.28. The molecule has 3 N–H and O–H groups in total. The van der Waals surface area contributed by atoms with E-state index in [4.69, 9.17) is 36.0 Å². The maximum atomic E-state index is 14.3. The number of nitrogens with zero attached hydrogens (tertiary/aromatic N) is 1. The lowest BCUT2D eigenvalue weighted by atomic mass is 9.75. The second-order valence-corrected chi connectivity index (χ2v) is 9.76. The van der Waals surface area contributed by atoms with Crippen molar-refractivity contribution in [2.24, 2.45) is 11.1 Å². The summed E-state index contributed by atoms with van der Waals surface area (Å²) in [5.74, 6) is -0.375. The first kappa shape index (κ1) is 27.8. The lowest BCUT2D eigenvalue weighted by molar-refractivity contribution is -0.0707. The standard InChI is InChI=1S/C26H29ClFN3O6/c1-25(2,3)26(4,37-24(29)33)21-20(22(32)30-13-15-16(27)8-7-9-17(15)28)31-23(36-21)14-10-11-18(34-5)19(12-14)35-6/h7-12H,13H2,1-6H3,(H2,29,33)(H,30,32). The van der Waals surface area contributed by atoms with Crippen molar-refractivity contribution in [3.63, 3.8) is 0 Å². The summed E-state index contributed by atoms with van der Waals surface area (Å²) in [7, 11) is 2.98. The maximum absolute atomic E-state index is 14.3.